The van der Waals surface area contributed by atoms with Gasteiger partial charge in [-0.05, 0) is 6.92 Å². The lowest BCUT2D eigenvalue weighted by Gasteiger charge is -1.97. The van der Waals surface area contributed by atoms with Crippen molar-refractivity contribution >= 4 is 0 Å². The fraction of sp³-hybridized carbons (Fsp3) is 0.429. The van der Waals surface area contributed by atoms with E-state index < -0.39 is 0 Å². The standard InChI is InChI=1S/C7H10N2O/c1-2-10-6-7-5-8-3-4-9-7/h3-5H,2,6H2,1H3. The zero-order chi connectivity index (χ0) is 7.23. The second-order valence-electron chi connectivity index (χ2n) is 1.83. The van der Waals surface area contributed by atoms with Crippen molar-refractivity contribution in [3.63, 3.8) is 0 Å². The molecule has 0 aliphatic heterocycles. The molecule has 3 heteroatoms. The molecule has 0 saturated carbocycles. The van der Waals surface area contributed by atoms with E-state index in [1.807, 2.05) is 6.92 Å². The lowest BCUT2D eigenvalue weighted by molar-refractivity contribution is 0.131. The van der Waals surface area contributed by atoms with Crippen LogP contribution in [0.5, 0.6) is 0 Å². The Hall–Kier alpha value is -0.960. The van der Waals surface area contributed by atoms with Crippen molar-refractivity contribution in [2.24, 2.45) is 0 Å². The van der Waals surface area contributed by atoms with E-state index in [0.29, 0.717) is 6.61 Å². The Bertz CT molecular complexity index is 176. The maximum atomic E-state index is 5.12. The van der Waals surface area contributed by atoms with Gasteiger partial charge in [0.15, 0.2) is 0 Å². The number of hydrogen-bond acceptors (Lipinski definition) is 3. The van der Waals surface area contributed by atoms with E-state index in [9.17, 15) is 0 Å². The minimum absolute atomic E-state index is 0.560. The van der Waals surface area contributed by atoms with E-state index in [-0.39, 0.29) is 0 Å². The average Bonchev–Trinajstić information content (AvgIpc) is 2.03. The summed E-state index contributed by atoms with van der Waals surface area (Å²) in [5, 5.41) is 0. The van der Waals surface area contributed by atoms with Gasteiger partial charge in [-0.25, -0.2) is 0 Å². The Kier molecular flexibility index (Phi) is 2.83. The molecular formula is C7H10N2O. The highest BCUT2D eigenvalue weighted by atomic mass is 16.5. The summed E-state index contributed by atoms with van der Waals surface area (Å²) in [4.78, 5) is 7.92. The predicted octanol–water partition coefficient (Wildman–Crippen LogP) is 1.01. The van der Waals surface area contributed by atoms with E-state index in [4.69, 9.17) is 4.74 Å². The maximum Gasteiger partial charge on any atom is 0.0903 e. The molecule has 1 aromatic heterocycles. The lowest BCUT2D eigenvalue weighted by Crippen LogP contribution is -1.94. The molecule has 0 unspecified atom stereocenters. The maximum absolute atomic E-state index is 5.12. The van der Waals surface area contributed by atoms with Gasteiger partial charge < -0.3 is 4.74 Å². The van der Waals surface area contributed by atoms with Crippen LogP contribution in [0.3, 0.4) is 0 Å². The first-order chi connectivity index (χ1) is 4.93. The Morgan fingerprint density at radius 3 is 3.00 bits per heavy atom. The van der Waals surface area contributed by atoms with E-state index in [2.05, 4.69) is 9.97 Å². The first-order valence-corrected chi connectivity index (χ1v) is 3.26. The van der Waals surface area contributed by atoms with Crippen molar-refractivity contribution in [2.45, 2.75) is 13.5 Å². The van der Waals surface area contributed by atoms with E-state index >= 15 is 0 Å². The normalized spacial score (nSPS) is 9.70. The van der Waals surface area contributed by atoms with Crippen molar-refractivity contribution in [1.82, 2.24) is 9.97 Å². The summed E-state index contributed by atoms with van der Waals surface area (Å²) in [6.07, 6.45) is 5.01. The number of ether oxygens (including phenoxy) is 1. The van der Waals surface area contributed by atoms with Gasteiger partial charge in [-0.1, -0.05) is 0 Å². The minimum atomic E-state index is 0.560. The Morgan fingerprint density at radius 2 is 2.40 bits per heavy atom. The molecule has 1 aromatic rings. The third kappa shape index (κ3) is 2.11. The molecule has 0 spiro atoms. The molecule has 1 rings (SSSR count). The fourth-order valence-corrected chi connectivity index (χ4v) is 0.611. The molecule has 3 nitrogen and oxygen atoms in total. The second-order valence-corrected chi connectivity index (χ2v) is 1.83. The van der Waals surface area contributed by atoms with Gasteiger partial charge in [0, 0.05) is 19.0 Å². The van der Waals surface area contributed by atoms with Gasteiger partial charge in [0.1, 0.15) is 0 Å². The highest BCUT2D eigenvalue weighted by Gasteiger charge is 1.89. The molecule has 1 heterocycles. The quantitative estimate of drug-likeness (QED) is 0.625. The third-order valence-electron chi connectivity index (χ3n) is 1.07. The molecule has 0 N–H and O–H groups in total. The largest absolute Gasteiger partial charge is 0.375 e. The number of nitrogens with zero attached hydrogens (tertiary/aromatic N) is 2. The summed E-state index contributed by atoms with van der Waals surface area (Å²) in [7, 11) is 0. The average molecular weight is 138 g/mol. The number of aromatic nitrogens is 2. The van der Waals surface area contributed by atoms with E-state index in [1.54, 1.807) is 18.6 Å². The zero-order valence-electron chi connectivity index (χ0n) is 5.95. The van der Waals surface area contributed by atoms with Crippen LogP contribution in [0.15, 0.2) is 18.6 Å². The molecule has 0 radical (unpaired) electrons. The second kappa shape index (κ2) is 3.95. The molecule has 0 amide bonds. The molecule has 0 aliphatic carbocycles. The van der Waals surface area contributed by atoms with Crippen molar-refractivity contribution in [2.75, 3.05) is 6.61 Å². The van der Waals surface area contributed by atoms with Gasteiger partial charge in [-0.2, -0.15) is 0 Å². The SMILES string of the molecule is CCOCc1cnccn1. The van der Waals surface area contributed by atoms with Gasteiger partial charge in [0.05, 0.1) is 18.5 Å². The first kappa shape index (κ1) is 7.15. The van der Waals surface area contributed by atoms with E-state index in [0.717, 1.165) is 12.3 Å². The van der Waals surface area contributed by atoms with Crippen molar-refractivity contribution in [3.8, 4) is 0 Å². The monoisotopic (exact) mass is 138 g/mol. The topological polar surface area (TPSA) is 35.0 Å². The molecule has 0 aromatic carbocycles. The lowest BCUT2D eigenvalue weighted by atomic mass is 10.5. The van der Waals surface area contributed by atoms with Gasteiger partial charge in [0.2, 0.25) is 0 Å². The summed E-state index contributed by atoms with van der Waals surface area (Å²) >= 11 is 0. The van der Waals surface area contributed by atoms with E-state index in [1.165, 1.54) is 0 Å². The Labute approximate surface area is 60.1 Å². The summed E-state index contributed by atoms with van der Waals surface area (Å²) in [6.45, 7) is 3.23. The Morgan fingerprint density at radius 1 is 1.50 bits per heavy atom. The molecule has 0 fully saturated rings. The molecule has 10 heavy (non-hydrogen) atoms. The fourth-order valence-electron chi connectivity index (χ4n) is 0.611. The van der Waals surface area contributed by atoms with Crippen LogP contribution in [0.25, 0.3) is 0 Å². The first-order valence-electron chi connectivity index (χ1n) is 3.26. The zero-order valence-corrected chi connectivity index (χ0v) is 5.95. The third-order valence-corrected chi connectivity index (χ3v) is 1.07. The van der Waals surface area contributed by atoms with Crippen LogP contribution < -0.4 is 0 Å². The molecule has 54 valence electrons. The molecular weight excluding hydrogens is 128 g/mol. The van der Waals surface area contributed by atoms with Crippen LogP contribution in [-0.4, -0.2) is 16.6 Å². The predicted molar refractivity (Wildman–Crippen MR) is 37.4 cm³/mol. The summed E-state index contributed by atoms with van der Waals surface area (Å²) in [6, 6.07) is 0. The van der Waals surface area contributed by atoms with Crippen LogP contribution in [0, 0.1) is 0 Å². The van der Waals surface area contributed by atoms with Crippen LogP contribution in [0.2, 0.25) is 0 Å². The summed E-state index contributed by atoms with van der Waals surface area (Å²) < 4.78 is 5.12. The number of hydrogen-bond donors (Lipinski definition) is 0. The molecule has 0 saturated heterocycles. The van der Waals surface area contributed by atoms with Crippen molar-refractivity contribution < 1.29 is 4.74 Å². The Balaban J connectivity index is 2.43. The molecule has 0 aliphatic rings. The summed E-state index contributed by atoms with van der Waals surface area (Å²) in [5.74, 6) is 0. The minimum Gasteiger partial charge on any atom is -0.375 e. The molecule has 0 atom stereocenters. The molecule has 0 bridgehead atoms. The highest BCUT2D eigenvalue weighted by Crippen LogP contribution is 1.91. The van der Waals surface area contributed by atoms with Crippen LogP contribution >= 0.6 is 0 Å². The van der Waals surface area contributed by atoms with Crippen molar-refractivity contribution in [1.29, 1.82) is 0 Å². The van der Waals surface area contributed by atoms with Gasteiger partial charge in [0.25, 0.3) is 0 Å². The highest BCUT2D eigenvalue weighted by molar-refractivity contribution is 4.91. The van der Waals surface area contributed by atoms with Crippen LogP contribution in [-0.2, 0) is 11.3 Å². The van der Waals surface area contributed by atoms with Crippen LogP contribution in [0.4, 0.5) is 0 Å². The number of rotatable bonds is 3. The van der Waals surface area contributed by atoms with Crippen LogP contribution in [0.1, 0.15) is 12.6 Å². The van der Waals surface area contributed by atoms with Gasteiger partial charge in [-0.3, -0.25) is 9.97 Å². The van der Waals surface area contributed by atoms with Gasteiger partial charge in [-0.15, -0.1) is 0 Å². The van der Waals surface area contributed by atoms with Gasteiger partial charge >= 0.3 is 0 Å². The smallest absolute Gasteiger partial charge is 0.0903 e. The van der Waals surface area contributed by atoms with Crippen molar-refractivity contribution in [3.05, 3.63) is 24.3 Å². The summed E-state index contributed by atoms with van der Waals surface area (Å²) in [5.41, 5.74) is 0.879.